The Hall–Kier alpha value is -2.24. The van der Waals surface area contributed by atoms with Gasteiger partial charge in [-0.3, -0.25) is 0 Å². The molecule has 0 spiro atoms. The van der Waals surface area contributed by atoms with E-state index in [9.17, 15) is 0 Å². The van der Waals surface area contributed by atoms with Crippen LogP contribution in [0.3, 0.4) is 0 Å². The number of likely N-dealkylation sites (N-methyl/N-ethyl adjacent to an activating group) is 1. The van der Waals surface area contributed by atoms with Gasteiger partial charge in [0.05, 0.1) is 11.7 Å². The van der Waals surface area contributed by atoms with Crippen molar-refractivity contribution in [3.05, 3.63) is 35.4 Å². The van der Waals surface area contributed by atoms with Gasteiger partial charge in [-0.2, -0.15) is 5.10 Å². The molecule has 0 amide bonds. The Morgan fingerprint density at radius 2 is 2.00 bits per heavy atom. The minimum absolute atomic E-state index is 0.471. The first kappa shape index (κ1) is 15.0. The van der Waals surface area contributed by atoms with E-state index >= 15 is 0 Å². The van der Waals surface area contributed by atoms with Gasteiger partial charge in [-0.25, -0.2) is 9.97 Å². The van der Waals surface area contributed by atoms with E-state index in [4.69, 9.17) is 4.98 Å². The van der Waals surface area contributed by atoms with E-state index in [0.29, 0.717) is 12.0 Å². The first-order valence-corrected chi connectivity index (χ1v) is 9.44. The monoisotopic (exact) mass is 336 g/mol. The second kappa shape index (κ2) is 5.93. The third-order valence-corrected chi connectivity index (χ3v) is 6.03. The summed E-state index contributed by atoms with van der Waals surface area (Å²) in [5.74, 6) is 3.67. The smallest absolute Gasteiger partial charge is 0.151 e. The fourth-order valence-corrected chi connectivity index (χ4v) is 3.97. The number of aromatic nitrogens is 4. The predicted octanol–water partition coefficient (Wildman–Crippen LogP) is 2.35. The zero-order valence-corrected chi connectivity index (χ0v) is 14.7. The minimum Gasteiger partial charge on any atom is -0.353 e. The van der Waals surface area contributed by atoms with Crippen LogP contribution in [0.15, 0.2) is 18.3 Å². The third-order valence-electron chi connectivity index (χ3n) is 6.03. The molecule has 2 aliphatic carbocycles. The normalized spacial score (nSPS) is 20.1. The summed E-state index contributed by atoms with van der Waals surface area (Å²) in [4.78, 5) is 13.9. The molecule has 3 heterocycles. The van der Waals surface area contributed by atoms with Crippen LogP contribution >= 0.6 is 0 Å². The van der Waals surface area contributed by atoms with Crippen molar-refractivity contribution in [2.45, 2.75) is 50.5 Å². The molecule has 0 N–H and O–H groups in total. The Balaban J connectivity index is 1.25. The summed E-state index contributed by atoms with van der Waals surface area (Å²) in [6, 6.07) is 4.74. The van der Waals surface area contributed by atoms with E-state index in [2.05, 4.69) is 38.1 Å². The van der Waals surface area contributed by atoms with Crippen molar-refractivity contribution in [3.63, 3.8) is 0 Å². The summed E-state index contributed by atoms with van der Waals surface area (Å²) in [6.45, 7) is 1.96. The SMILES string of the molecule is CN(c1ccnc(C2CCC2)n1)C1CN(c2cc3c(nn2)CCC3)C1. The summed E-state index contributed by atoms with van der Waals surface area (Å²) >= 11 is 0. The Morgan fingerprint density at radius 1 is 1.12 bits per heavy atom. The predicted molar refractivity (Wildman–Crippen MR) is 97.1 cm³/mol. The zero-order valence-electron chi connectivity index (χ0n) is 14.7. The molecule has 0 aromatic carbocycles. The van der Waals surface area contributed by atoms with E-state index in [1.165, 1.54) is 36.9 Å². The van der Waals surface area contributed by atoms with Gasteiger partial charge in [-0.1, -0.05) is 6.42 Å². The van der Waals surface area contributed by atoms with Crippen molar-refractivity contribution in [1.29, 1.82) is 0 Å². The molecule has 130 valence electrons. The molecule has 0 radical (unpaired) electrons. The minimum atomic E-state index is 0.471. The number of hydrogen-bond acceptors (Lipinski definition) is 6. The molecule has 1 aliphatic heterocycles. The number of hydrogen-bond donors (Lipinski definition) is 0. The maximum Gasteiger partial charge on any atom is 0.151 e. The van der Waals surface area contributed by atoms with E-state index in [1.807, 2.05) is 12.3 Å². The topological polar surface area (TPSA) is 58.0 Å². The summed E-state index contributed by atoms with van der Waals surface area (Å²) in [6.07, 6.45) is 9.16. The molecule has 1 saturated heterocycles. The molecule has 5 rings (SSSR count). The van der Waals surface area contributed by atoms with Gasteiger partial charge < -0.3 is 9.80 Å². The second-order valence-electron chi connectivity index (χ2n) is 7.60. The highest BCUT2D eigenvalue weighted by Gasteiger charge is 2.33. The molecule has 0 atom stereocenters. The molecule has 6 heteroatoms. The molecule has 0 bridgehead atoms. The highest BCUT2D eigenvalue weighted by molar-refractivity contribution is 5.49. The maximum absolute atomic E-state index is 4.81. The number of nitrogens with zero attached hydrogens (tertiary/aromatic N) is 6. The first-order chi connectivity index (χ1) is 12.3. The summed E-state index contributed by atoms with van der Waals surface area (Å²) in [5.41, 5.74) is 2.59. The Kier molecular flexibility index (Phi) is 3.57. The van der Waals surface area contributed by atoms with Gasteiger partial charge in [0.2, 0.25) is 0 Å². The standard InChI is InChI=1S/C19H24N6/c1-24(17-8-9-20-19(21-17)13-4-2-5-13)15-11-25(12-15)18-10-14-6-3-7-16(14)22-23-18/h8-10,13,15H,2-7,11-12H2,1H3. The maximum atomic E-state index is 4.81. The fourth-order valence-electron chi connectivity index (χ4n) is 3.97. The van der Waals surface area contributed by atoms with Crippen LogP contribution in [-0.4, -0.2) is 46.3 Å². The Bertz CT molecular complexity index is 781. The van der Waals surface area contributed by atoms with Gasteiger partial charge in [-0.15, -0.1) is 5.10 Å². The van der Waals surface area contributed by atoms with Crippen LogP contribution in [0, 0.1) is 0 Å². The van der Waals surface area contributed by atoms with Gasteiger partial charge in [0.25, 0.3) is 0 Å². The summed E-state index contributed by atoms with van der Waals surface area (Å²) in [5, 5.41) is 8.84. The summed E-state index contributed by atoms with van der Waals surface area (Å²) < 4.78 is 0. The number of fused-ring (bicyclic) bond motifs is 1. The lowest BCUT2D eigenvalue weighted by Gasteiger charge is -2.45. The van der Waals surface area contributed by atoms with E-state index in [1.54, 1.807) is 0 Å². The molecule has 25 heavy (non-hydrogen) atoms. The van der Waals surface area contributed by atoms with Crippen LogP contribution in [0.5, 0.6) is 0 Å². The van der Waals surface area contributed by atoms with Gasteiger partial charge >= 0.3 is 0 Å². The molecule has 3 aliphatic rings. The van der Waals surface area contributed by atoms with Gasteiger partial charge in [0.15, 0.2) is 5.82 Å². The van der Waals surface area contributed by atoms with Crippen LogP contribution in [0.25, 0.3) is 0 Å². The Morgan fingerprint density at radius 3 is 2.80 bits per heavy atom. The first-order valence-electron chi connectivity index (χ1n) is 9.44. The van der Waals surface area contributed by atoms with Crippen LogP contribution in [0.1, 0.15) is 48.7 Å². The summed E-state index contributed by atoms with van der Waals surface area (Å²) in [7, 11) is 2.14. The third kappa shape index (κ3) is 2.64. The number of aryl methyl sites for hydroxylation is 2. The van der Waals surface area contributed by atoms with Crippen molar-refractivity contribution >= 4 is 11.6 Å². The molecular formula is C19H24N6. The average Bonchev–Trinajstić information content (AvgIpc) is 3.00. The van der Waals surface area contributed by atoms with Crippen molar-refractivity contribution in [2.75, 3.05) is 29.9 Å². The van der Waals surface area contributed by atoms with Gasteiger partial charge in [0.1, 0.15) is 11.6 Å². The number of rotatable bonds is 4. The average molecular weight is 336 g/mol. The molecule has 2 aromatic rings. The largest absolute Gasteiger partial charge is 0.353 e. The van der Waals surface area contributed by atoms with E-state index in [-0.39, 0.29) is 0 Å². The fraction of sp³-hybridized carbons (Fsp3) is 0.579. The molecule has 6 nitrogen and oxygen atoms in total. The van der Waals surface area contributed by atoms with Crippen molar-refractivity contribution < 1.29 is 0 Å². The lowest BCUT2D eigenvalue weighted by Crippen LogP contribution is -2.59. The quantitative estimate of drug-likeness (QED) is 0.854. The molecule has 1 saturated carbocycles. The van der Waals surface area contributed by atoms with Crippen LogP contribution in [-0.2, 0) is 12.8 Å². The molecular weight excluding hydrogens is 312 g/mol. The van der Waals surface area contributed by atoms with Crippen molar-refractivity contribution in [2.24, 2.45) is 0 Å². The van der Waals surface area contributed by atoms with Crippen LogP contribution in [0.4, 0.5) is 11.6 Å². The lowest BCUT2D eigenvalue weighted by atomic mass is 9.85. The zero-order chi connectivity index (χ0) is 16.8. The van der Waals surface area contributed by atoms with Gasteiger partial charge in [0, 0.05) is 32.3 Å². The molecule has 2 aromatic heterocycles. The highest BCUT2D eigenvalue weighted by atomic mass is 15.4. The van der Waals surface area contributed by atoms with Crippen molar-refractivity contribution in [3.8, 4) is 0 Å². The molecule has 2 fully saturated rings. The van der Waals surface area contributed by atoms with Crippen molar-refractivity contribution in [1.82, 2.24) is 20.2 Å². The van der Waals surface area contributed by atoms with E-state index in [0.717, 1.165) is 43.4 Å². The Labute approximate surface area is 148 Å². The van der Waals surface area contributed by atoms with Crippen LogP contribution in [0.2, 0.25) is 0 Å². The number of anilines is 2. The van der Waals surface area contributed by atoms with E-state index < -0.39 is 0 Å². The second-order valence-corrected chi connectivity index (χ2v) is 7.60. The van der Waals surface area contributed by atoms with Crippen LogP contribution < -0.4 is 9.80 Å². The lowest BCUT2D eigenvalue weighted by molar-refractivity contribution is 0.400. The molecule has 0 unspecified atom stereocenters. The highest BCUT2D eigenvalue weighted by Crippen LogP contribution is 2.35. The van der Waals surface area contributed by atoms with Gasteiger partial charge in [-0.05, 0) is 49.8 Å².